The molecule has 1 N–H and O–H groups in total. The molecule has 0 fully saturated rings. The van der Waals surface area contributed by atoms with Crippen LogP contribution in [0.1, 0.15) is 15.9 Å². The third-order valence-corrected chi connectivity index (χ3v) is 4.09. The minimum Gasteiger partial charge on any atom is -0.387 e. The molecule has 4 rings (SSSR count). The fraction of sp³-hybridized carbons (Fsp3) is 0.0588. The number of ketones is 1. The number of hydrogen-bond acceptors (Lipinski definition) is 3. The summed E-state index contributed by atoms with van der Waals surface area (Å²) in [4.78, 5) is 17.4. The van der Waals surface area contributed by atoms with Gasteiger partial charge < -0.3 is 5.32 Å². The zero-order chi connectivity index (χ0) is 14.6. The summed E-state index contributed by atoms with van der Waals surface area (Å²) in [5.41, 5.74) is 4.53. The van der Waals surface area contributed by atoms with E-state index >= 15 is 0 Å². The van der Waals surface area contributed by atoms with Crippen LogP contribution in [0.3, 0.4) is 0 Å². The highest BCUT2D eigenvalue weighted by atomic mass is 35.5. The van der Waals surface area contributed by atoms with Crippen LogP contribution in [0.25, 0.3) is 22.2 Å². The number of para-hydroxylation sites is 1. The molecule has 2 aromatic carbocycles. The maximum atomic E-state index is 12.7. The highest BCUT2D eigenvalue weighted by Crippen LogP contribution is 2.42. The molecule has 1 heterocycles. The summed E-state index contributed by atoms with van der Waals surface area (Å²) in [6.45, 7) is 0. The lowest BCUT2D eigenvalue weighted by molar-refractivity contribution is 0.104. The molecule has 1 aromatic heterocycles. The van der Waals surface area contributed by atoms with Crippen LogP contribution < -0.4 is 5.32 Å². The van der Waals surface area contributed by atoms with Crippen molar-refractivity contribution in [2.45, 2.75) is 0 Å². The number of fused-ring (bicyclic) bond motifs is 4. The number of aromatic nitrogens is 1. The Bertz CT molecular complexity index is 918. The van der Waals surface area contributed by atoms with Crippen molar-refractivity contribution in [1.82, 2.24) is 4.98 Å². The Morgan fingerprint density at radius 3 is 2.71 bits per heavy atom. The number of nitrogens with zero attached hydrogens (tertiary/aromatic N) is 1. The van der Waals surface area contributed by atoms with Crippen LogP contribution in [0.2, 0.25) is 5.02 Å². The summed E-state index contributed by atoms with van der Waals surface area (Å²) in [7, 11) is 1.82. The standard InChI is InChI=1S/C17H11ClN2O/c1-19-15-11-4-2-3-5-13(11)20-16-10-7-6-9(18)8-12(10)17(21)14(15)16/h2-8H,1H3,(H,19,20). The van der Waals surface area contributed by atoms with Gasteiger partial charge in [-0.05, 0) is 18.2 Å². The molecule has 1 aliphatic rings. The summed E-state index contributed by atoms with van der Waals surface area (Å²) in [5, 5.41) is 4.67. The second-order valence-corrected chi connectivity index (χ2v) is 5.43. The Hall–Kier alpha value is -2.39. The molecule has 3 nitrogen and oxygen atoms in total. The normalized spacial score (nSPS) is 12.4. The molecule has 0 aliphatic heterocycles. The Morgan fingerprint density at radius 2 is 1.90 bits per heavy atom. The molecule has 0 radical (unpaired) electrons. The quantitative estimate of drug-likeness (QED) is 0.573. The third-order valence-electron chi connectivity index (χ3n) is 3.85. The molecule has 0 amide bonds. The van der Waals surface area contributed by atoms with E-state index in [4.69, 9.17) is 11.6 Å². The summed E-state index contributed by atoms with van der Waals surface area (Å²) >= 11 is 6.02. The molecular weight excluding hydrogens is 284 g/mol. The van der Waals surface area contributed by atoms with E-state index in [1.807, 2.05) is 37.4 Å². The van der Waals surface area contributed by atoms with Gasteiger partial charge in [0, 0.05) is 28.6 Å². The molecule has 4 heteroatoms. The second-order valence-electron chi connectivity index (χ2n) is 5.00. The largest absolute Gasteiger partial charge is 0.387 e. The van der Waals surface area contributed by atoms with Crippen LogP contribution >= 0.6 is 11.6 Å². The lowest BCUT2D eigenvalue weighted by Gasteiger charge is -2.10. The van der Waals surface area contributed by atoms with Crippen LogP contribution in [0.4, 0.5) is 5.69 Å². The molecule has 0 spiro atoms. The fourth-order valence-corrected chi connectivity index (χ4v) is 3.11. The van der Waals surface area contributed by atoms with E-state index in [0.717, 1.165) is 27.8 Å². The SMILES string of the molecule is CNc1c2c(nc3ccccc13)-c1ccc(Cl)cc1C2=O. The molecule has 21 heavy (non-hydrogen) atoms. The first kappa shape index (κ1) is 12.4. The van der Waals surface area contributed by atoms with E-state index in [1.165, 1.54) is 0 Å². The van der Waals surface area contributed by atoms with Crippen molar-refractivity contribution in [3.63, 3.8) is 0 Å². The van der Waals surface area contributed by atoms with Gasteiger partial charge in [-0.15, -0.1) is 0 Å². The van der Waals surface area contributed by atoms with E-state index in [2.05, 4.69) is 10.3 Å². The molecule has 0 saturated carbocycles. The van der Waals surface area contributed by atoms with Crippen LogP contribution in [0.5, 0.6) is 0 Å². The van der Waals surface area contributed by atoms with Gasteiger partial charge in [-0.1, -0.05) is 35.9 Å². The fourth-order valence-electron chi connectivity index (χ4n) is 2.93. The Balaban J connectivity index is 2.15. The average Bonchev–Trinajstić information content (AvgIpc) is 2.77. The summed E-state index contributed by atoms with van der Waals surface area (Å²) in [5.74, 6) is -0.0231. The topological polar surface area (TPSA) is 42.0 Å². The first-order valence-electron chi connectivity index (χ1n) is 6.66. The summed E-state index contributed by atoms with van der Waals surface area (Å²) in [6.07, 6.45) is 0. The van der Waals surface area contributed by atoms with Gasteiger partial charge in [-0.25, -0.2) is 4.98 Å². The van der Waals surface area contributed by atoms with Gasteiger partial charge in [0.05, 0.1) is 22.5 Å². The maximum absolute atomic E-state index is 12.7. The number of benzene rings is 2. The van der Waals surface area contributed by atoms with E-state index in [0.29, 0.717) is 16.1 Å². The van der Waals surface area contributed by atoms with Crippen molar-refractivity contribution in [3.8, 4) is 11.3 Å². The minimum absolute atomic E-state index is 0.0231. The average molecular weight is 295 g/mol. The zero-order valence-corrected chi connectivity index (χ0v) is 12.0. The molecule has 3 aromatic rings. The number of carbonyl (C=O) groups excluding carboxylic acids is 1. The number of pyridine rings is 1. The van der Waals surface area contributed by atoms with Gasteiger partial charge >= 0.3 is 0 Å². The van der Waals surface area contributed by atoms with Gasteiger partial charge in [0.2, 0.25) is 0 Å². The predicted molar refractivity (Wildman–Crippen MR) is 85.2 cm³/mol. The van der Waals surface area contributed by atoms with Crippen molar-refractivity contribution in [1.29, 1.82) is 0 Å². The van der Waals surface area contributed by atoms with Crippen molar-refractivity contribution in [3.05, 3.63) is 58.6 Å². The predicted octanol–water partition coefficient (Wildman–Crippen LogP) is 4.14. The van der Waals surface area contributed by atoms with Crippen LogP contribution in [0.15, 0.2) is 42.5 Å². The van der Waals surface area contributed by atoms with Crippen molar-refractivity contribution in [2.24, 2.45) is 0 Å². The second kappa shape index (κ2) is 4.30. The number of hydrogen-bond donors (Lipinski definition) is 1. The number of halogens is 1. The van der Waals surface area contributed by atoms with Gasteiger partial charge in [0.1, 0.15) is 0 Å². The number of anilines is 1. The van der Waals surface area contributed by atoms with Crippen LogP contribution in [-0.2, 0) is 0 Å². The maximum Gasteiger partial charge on any atom is 0.198 e. The number of rotatable bonds is 1. The van der Waals surface area contributed by atoms with E-state index in [-0.39, 0.29) is 5.78 Å². The van der Waals surface area contributed by atoms with Crippen molar-refractivity contribution in [2.75, 3.05) is 12.4 Å². The smallest absolute Gasteiger partial charge is 0.198 e. The molecule has 0 unspecified atom stereocenters. The minimum atomic E-state index is -0.0231. The molecule has 102 valence electrons. The molecule has 1 aliphatic carbocycles. The third kappa shape index (κ3) is 1.61. The van der Waals surface area contributed by atoms with Gasteiger partial charge in [-0.3, -0.25) is 4.79 Å². The van der Waals surface area contributed by atoms with Gasteiger partial charge in [0.15, 0.2) is 5.78 Å². The first-order chi connectivity index (χ1) is 10.2. The zero-order valence-electron chi connectivity index (χ0n) is 11.3. The molecule has 0 saturated heterocycles. The summed E-state index contributed by atoms with van der Waals surface area (Å²) < 4.78 is 0. The highest BCUT2D eigenvalue weighted by molar-refractivity contribution is 6.33. The monoisotopic (exact) mass is 294 g/mol. The van der Waals surface area contributed by atoms with Gasteiger partial charge in [0.25, 0.3) is 0 Å². The lowest BCUT2D eigenvalue weighted by atomic mass is 10.1. The number of nitrogens with one attached hydrogen (secondary N) is 1. The van der Waals surface area contributed by atoms with Crippen molar-refractivity contribution >= 4 is 34.0 Å². The molecule has 0 bridgehead atoms. The highest BCUT2D eigenvalue weighted by Gasteiger charge is 2.31. The number of carbonyl (C=O) groups is 1. The van der Waals surface area contributed by atoms with Crippen LogP contribution in [-0.4, -0.2) is 17.8 Å². The summed E-state index contributed by atoms with van der Waals surface area (Å²) in [6, 6.07) is 13.2. The Labute approximate surface area is 126 Å². The van der Waals surface area contributed by atoms with E-state index in [9.17, 15) is 4.79 Å². The first-order valence-corrected chi connectivity index (χ1v) is 7.03. The van der Waals surface area contributed by atoms with E-state index < -0.39 is 0 Å². The molecular formula is C17H11ClN2O. The Kier molecular flexibility index (Phi) is 2.53. The molecule has 0 atom stereocenters. The van der Waals surface area contributed by atoms with Gasteiger partial charge in [-0.2, -0.15) is 0 Å². The Morgan fingerprint density at radius 1 is 1.10 bits per heavy atom. The van der Waals surface area contributed by atoms with Crippen LogP contribution in [0, 0.1) is 0 Å². The van der Waals surface area contributed by atoms with E-state index in [1.54, 1.807) is 12.1 Å². The van der Waals surface area contributed by atoms with Crippen molar-refractivity contribution < 1.29 is 4.79 Å². The lowest BCUT2D eigenvalue weighted by Crippen LogP contribution is -2.03.